The Morgan fingerprint density at radius 3 is 2.27 bits per heavy atom. The number of aromatic nitrogens is 1. The molecule has 0 aliphatic heterocycles. The molecule has 0 saturated heterocycles. The SMILES string of the molecule is CC(=O)[C@@H](N)Cc1ccncc1.CCC. The normalized spacial score (nSPS) is 11.2. The Hall–Kier alpha value is -1.22. The van der Waals surface area contributed by atoms with E-state index in [1.54, 1.807) is 12.4 Å². The quantitative estimate of drug-likeness (QED) is 0.826. The first kappa shape index (κ1) is 13.8. The Labute approximate surface area is 91.7 Å². The van der Waals surface area contributed by atoms with Crippen LogP contribution in [0, 0.1) is 0 Å². The highest BCUT2D eigenvalue weighted by atomic mass is 16.1. The van der Waals surface area contributed by atoms with Gasteiger partial charge in [-0.1, -0.05) is 20.3 Å². The molecule has 84 valence electrons. The number of Topliss-reactive ketones (excluding diaryl/α,β-unsaturated/α-hetero) is 1. The zero-order valence-corrected chi connectivity index (χ0v) is 9.73. The highest BCUT2D eigenvalue weighted by molar-refractivity contribution is 5.81. The van der Waals surface area contributed by atoms with E-state index in [2.05, 4.69) is 18.8 Å². The average Bonchev–Trinajstić information content (AvgIpc) is 2.20. The van der Waals surface area contributed by atoms with Crippen LogP contribution in [0.25, 0.3) is 0 Å². The van der Waals surface area contributed by atoms with Gasteiger partial charge in [-0.15, -0.1) is 0 Å². The van der Waals surface area contributed by atoms with Crippen molar-refractivity contribution >= 4 is 5.78 Å². The van der Waals surface area contributed by atoms with E-state index < -0.39 is 0 Å². The van der Waals surface area contributed by atoms with E-state index >= 15 is 0 Å². The lowest BCUT2D eigenvalue weighted by Gasteiger charge is -2.06. The zero-order valence-electron chi connectivity index (χ0n) is 9.73. The van der Waals surface area contributed by atoms with Crippen LogP contribution in [0.3, 0.4) is 0 Å². The molecule has 3 heteroatoms. The summed E-state index contributed by atoms with van der Waals surface area (Å²) in [5, 5.41) is 0. The molecule has 0 aliphatic rings. The van der Waals surface area contributed by atoms with Crippen molar-refractivity contribution in [3.8, 4) is 0 Å². The molecule has 1 aromatic rings. The molecule has 0 aromatic carbocycles. The lowest BCUT2D eigenvalue weighted by molar-refractivity contribution is -0.118. The maximum atomic E-state index is 10.8. The van der Waals surface area contributed by atoms with Crippen LogP contribution < -0.4 is 5.73 Å². The van der Waals surface area contributed by atoms with E-state index in [4.69, 9.17) is 5.73 Å². The molecule has 0 unspecified atom stereocenters. The van der Waals surface area contributed by atoms with Crippen molar-refractivity contribution < 1.29 is 4.79 Å². The summed E-state index contributed by atoms with van der Waals surface area (Å²) in [4.78, 5) is 14.7. The Bertz CT molecular complexity index is 272. The van der Waals surface area contributed by atoms with Gasteiger partial charge in [-0.25, -0.2) is 0 Å². The van der Waals surface area contributed by atoms with Gasteiger partial charge in [-0.3, -0.25) is 9.78 Å². The molecule has 0 aliphatic carbocycles. The molecule has 2 N–H and O–H groups in total. The van der Waals surface area contributed by atoms with Crippen LogP contribution in [0.15, 0.2) is 24.5 Å². The summed E-state index contributed by atoms with van der Waals surface area (Å²) in [5.74, 6) is 0.0202. The first-order valence-electron chi connectivity index (χ1n) is 5.26. The predicted octanol–water partition coefficient (Wildman–Crippen LogP) is 1.96. The second kappa shape index (κ2) is 8.12. The van der Waals surface area contributed by atoms with Gasteiger partial charge in [0.2, 0.25) is 0 Å². The summed E-state index contributed by atoms with van der Waals surface area (Å²) in [6.45, 7) is 5.76. The van der Waals surface area contributed by atoms with Crippen molar-refractivity contribution in [2.45, 2.75) is 39.7 Å². The van der Waals surface area contributed by atoms with Crippen LogP contribution in [-0.2, 0) is 11.2 Å². The van der Waals surface area contributed by atoms with Crippen molar-refractivity contribution in [2.75, 3.05) is 0 Å². The van der Waals surface area contributed by atoms with E-state index in [1.165, 1.54) is 13.3 Å². The van der Waals surface area contributed by atoms with Crippen LogP contribution in [-0.4, -0.2) is 16.8 Å². The van der Waals surface area contributed by atoms with Gasteiger partial charge in [0.15, 0.2) is 0 Å². The summed E-state index contributed by atoms with van der Waals surface area (Å²) in [7, 11) is 0. The molecule has 0 spiro atoms. The molecule has 0 radical (unpaired) electrons. The highest BCUT2D eigenvalue weighted by Crippen LogP contribution is 2.00. The molecule has 15 heavy (non-hydrogen) atoms. The molecule has 3 nitrogen and oxygen atoms in total. The third-order valence-electron chi connectivity index (χ3n) is 1.73. The minimum absolute atomic E-state index is 0.0202. The van der Waals surface area contributed by atoms with Gasteiger partial charge in [0, 0.05) is 12.4 Å². The van der Waals surface area contributed by atoms with E-state index in [9.17, 15) is 4.79 Å². The van der Waals surface area contributed by atoms with Crippen molar-refractivity contribution in [3.63, 3.8) is 0 Å². The number of pyridine rings is 1. The molecule has 1 aromatic heterocycles. The summed E-state index contributed by atoms with van der Waals surface area (Å²) >= 11 is 0. The minimum Gasteiger partial charge on any atom is -0.321 e. The number of nitrogens with zero attached hydrogens (tertiary/aromatic N) is 1. The molecule has 0 bridgehead atoms. The van der Waals surface area contributed by atoms with Gasteiger partial charge in [0.05, 0.1) is 6.04 Å². The molecular formula is C12H20N2O. The molecule has 1 heterocycles. The van der Waals surface area contributed by atoms with Crippen molar-refractivity contribution in [2.24, 2.45) is 5.73 Å². The second-order valence-corrected chi connectivity index (χ2v) is 3.48. The lowest BCUT2D eigenvalue weighted by Crippen LogP contribution is -2.30. The van der Waals surface area contributed by atoms with Gasteiger partial charge < -0.3 is 5.73 Å². The van der Waals surface area contributed by atoms with Gasteiger partial charge in [-0.05, 0) is 31.0 Å². The largest absolute Gasteiger partial charge is 0.321 e. The first-order chi connectivity index (χ1) is 7.11. The molecule has 0 amide bonds. The van der Waals surface area contributed by atoms with Crippen LogP contribution in [0.1, 0.15) is 32.8 Å². The summed E-state index contributed by atoms with van der Waals surface area (Å²) in [6.07, 6.45) is 5.24. The average molecular weight is 208 g/mol. The summed E-state index contributed by atoms with van der Waals surface area (Å²) in [5.41, 5.74) is 6.63. The van der Waals surface area contributed by atoms with Crippen LogP contribution >= 0.6 is 0 Å². The van der Waals surface area contributed by atoms with E-state index in [-0.39, 0.29) is 11.8 Å². The fourth-order valence-corrected chi connectivity index (χ4v) is 0.917. The fraction of sp³-hybridized carbons (Fsp3) is 0.500. The number of carbonyl (C=O) groups excluding carboxylic acids is 1. The topological polar surface area (TPSA) is 56.0 Å². The Kier molecular flexibility index (Phi) is 7.46. The van der Waals surface area contributed by atoms with Crippen molar-refractivity contribution in [3.05, 3.63) is 30.1 Å². The first-order valence-corrected chi connectivity index (χ1v) is 5.26. The minimum atomic E-state index is -0.382. The predicted molar refractivity (Wildman–Crippen MR) is 62.6 cm³/mol. The molecule has 1 rings (SSSR count). The Morgan fingerprint density at radius 2 is 1.87 bits per heavy atom. The number of carbonyl (C=O) groups is 1. The molecule has 0 saturated carbocycles. The van der Waals surface area contributed by atoms with Crippen LogP contribution in [0.4, 0.5) is 0 Å². The fourth-order valence-electron chi connectivity index (χ4n) is 0.917. The van der Waals surface area contributed by atoms with E-state index in [1.807, 2.05) is 12.1 Å². The van der Waals surface area contributed by atoms with Crippen LogP contribution in [0.2, 0.25) is 0 Å². The van der Waals surface area contributed by atoms with Crippen molar-refractivity contribution in [1.29, 1.82) is 0 Å². The number of hydrogen-bond acceptors (Lipinski definition) is 3. The molecular weight excluding hydrogens is 188 g/mol. The molecule has 1 atom stereocenters. The van der Waals surface area contributed by atoms with Crippen LogP contribution in [0.5, 0.6) is 0 Å². The number of hydrogen-bond donors (Lipinski definition) is 1. The zero-order chi connectivity index (χ0) is 11.7. The maximum absolute atomic E-state index is 10.8. The second-order valence-electron chi connectivity index (χ2n) is 3.48. The maximum Gasteiger partial charge on any atom is 0.146 e. The van der Waals surface area contributed by atoms with Crippen molar-refractivity contribution in [1.82, 2.24) is 4.98 Å². The third-order valence-corrected chi connectivity index (χ3v) is 1.73. The van der Waals surface area contributed by atoms with Gasteiger partial charge in [0.25, 0.3) is 0 Å². The number of nitrogens with two attached hydrogens (primary N) is 1. The molecule has 0 fully saturated rings. The van der Waals surface area contributed by atoms with E-state index in [0.29, 0.717) is 6.42 Å². The highest BCUT2D eigenvalue weighted by Gasteiger charge is 2.07. The van der Waals surface area contributed by atoms with Gasteiger partial charge >= 0.3 is 0 Å². The lowest BCUT2D eigenvalue weighted by atomic mass is 10.1. The Morgan fingerprint density at radius 1 is 1.40 bits per heavy atom. The number of ketones is 1. The van der Waals surface area contributed by atoms with E-state index in [0.717, 1.165) is 5.56 Å². The van der Waals surface area contributed by atoms with Gasteiger partial charge in [0.1, 0.15) is 5.78 Å². The smallest absolute Gasteiger partial charge is 0.146 e. The summed E-state index contributed by atoms with van der Waals surface area (Å²) < 4.78 is 0. The van der Waals surface area contributed by atoms with Gasteiger partial charge in [-0.2, -0.15) is 0 Å². The standard InChI is InChI=1S/C9H12N2O.C3H8/c1-7(12)9(10)6-8-2-4-11-5-3-8;1-3-2/h2-5,9H,6,10H2,1H3;3H2,1-2H3/t9-;/m0./s1. The monoisotopic (exact) mass is 208 g/mol. The Balaban J connectivity index is 0.000000583. The summed E-state index contributed by atoms with van der Waals surface area (Å²) in [6, 6.07) is 3.35. The number of rotatable bonds is 3. The third kappa shape index (κ3) is 6.80.